The molecule has 0 bridgehead atoms. The van der Waals surface area contributed by atoms with Crippen molar-refractivity contribution in [1.82, 2.24) is 19.1 Å². The predicted octanol–water partition coefficient (Wildman–Crippen LogP) is 6.37. The van der Waals surface area contributed by atoms with E-state index in [1.54, 1.807) is 22.9 Å². The van der Waals surface area contributed by atoms with E-state index >= 15 is 0 Å². The summed E-state index contributed by atoms with van der Waals surface area (Å²) in [6.45, 7) is 0.365. The van der Waals surface area contributed by atoms with Gasteiger partial charge in [-0.3, -0.25) is 14.1 Å². The summed E-state index contributed by atoms with van der Waals surface area (Å²) in [4.78, 5) is 23.1. The molecule has 0 N–H and O–H groups in total. The van der Waals surface area contributed by atoms with Gasteiger partial charge in [0.2, 0.25) is 0 Å². The predicted molar refractivity (Wildman–Crippen MR) is 125 cm³/mol. The smallest absolute Gasteiger partial charge is 0.285 e. The Morgan fingerprint density at radius 1 is 1.10 bits per heavy atom. The minimum atomic E-state index is -0.0551. The third kappa shape index (κ3) is 3.35. The summed E-state index contributed by atoms with van der Waals surface area (Å²) in [5.74, 6) is 0. The highest BCUT2D eigenvalue weighted by Crippen LogP contribution is 2.34. The van der Waals surface area contributed by atoms with Gasteiger partial charge >= 0.3 is 5.69 Å². The van der Waals surface area contributed by atoms with E-state index in [1.807, 2.05) is 22.8 Å². The van der Waals surface area contributed by atoms with Gasteiger partial charge in [0.25, 0.3) is 0 Å². The molecule has 1 aliphatic rings. The highest BCUT2D eigenvalue weighted by Gasteiger charge is 2.26. The Kier molecular flexibility index (Phi) is 5.33. The van der Waals surface area contributed by atoms with Gasteiger partial charge in [-0.2, -0.15) is 0 Å². The largest absolute Gasteiger partial charge is 0.330 e. The van der Waals surface area contributed by atoms with E-state index in [4.69, 9.17) is 28.2 Å². The standard InChI is InChI=1S/C22H19BrCl2N4O/c23-20-15-7-4-10-26-18(15)19-21(27-20)28(12-13-8-9-16(24)17(25)11-13)22(30)29(19)14-5-2-1-3-6-14/h4,7-11,14H,1-3,5-6,12H2. The summed E-state index contributed by atoms with van der Waals surface area (Å²) in [6, 6.07) is 9.47. The van der Waals surface area contributed by atoms with Gasteiger partial charge in [-0.05, 0) is 58.6 Å². The van der Waals surface area contributed by atoms with Crippen LogP contribution in [0.5, 0.6) is 0 Å². The van der Waals surface area contributed by atoms with Gasteiger partial charge in [-0.1, -0.05) is 48.5 Å². The minimum absolute atomic E-state index is 0.0551. The Balaban J connectivity index is 1.79. The topological polar surface area (TPSA) is 52.7 Å². The number of aromatic nitrogens is 4. The van der Waals surface area contributed by atoms with Crippen LogP contribution >= 0.6 is 39.1 Å². The fourth-order valence-electron chi connectivity index (χ4n) is 4.44. The Labute approximate surface area is 191 Å². The van der Waals surface area contributed by atoms with Crippen LogP contribution in [0, 0.1) is 0 Å². The van der Waals surface area contributed by atoms with E-state index in [0.717, 1.165) is 47.7 Å². The zero-order chi connectivity index (χ0) is 20.8. The van der Waals surface area contributed by atoms with Crippen molar-refractivity contribution < 1.29 is 0 Å². The average molecular weight is 506 g/mol. The lowest BCUT2D eigenvalue weighted by atomic mass is 9.95. The van der Waals surface area contributed by atoms with Gasteiger partial charge in [-0.25, -0.2) is 9.78 Å². The normalized spacial score (nSPS) is 15.3. The fraction of sp³-hybridized carbons (Fsp3) is 0.318. The summed E-state index contributed by atoms with van der Waals surface area (Å²) in [7, 11) is 0. The van der Waals surface area contributed by atoms with Gasteiger partial charge in [0.15, 0.2) is 5.65 Å². The molecule has 5 nitrogen and oxygen atoms in total. The van der Waals surface area contributed by atoms with Crippen molar-refractivity contribution in [2.75, 3.05) is 0 Å². The van der Waals surface area contributed by atoms with Crippen molar-refractivity contribution in [2.24, 2.45) is 0 Å². The molecule has 5 rings (SSSR count). The van der Waals surface area contributed by atoms with Crippen molar-refractivity contribution >= 4 is 61.2 Å². The summed E-state index contributed by atoms with van der Waals surface area (Å²) < 4.78 is 4.34. The minimum Gasteiger partial charge on any atom is -0.285 e. The SMILES string of the molecule is O=c1n(Cc2ccc(Cl)c(Cl)c2)c2nc(Br)c3cccnc3c2n1C1CCCCC1. The van der Waals surface area contributed by atoms with Crippen LogP contribution in [0.2, 0.25) is 10.0 Å². The number of pyridine rings is 2. The highest BCUT2D eigenvalue weighted by atomic mass is 79.9. The van der Waals surface area contributed by atoms with Crippen LogP contribution in [0.3, 0.4) is 0 Å². The first kappa shape index (κ1) is 20.0. The third-order valence-corrected chi connectivity index (χ3v) is 7.21. The summed E-state index contributed by atoms with van der Waals surface area (Å²) in [5, 5.41) is 1.87. The number of benzene rings is 1. The molecule has 4 aromatic rings. The van der Waals surface area contributed by atoms with Gasteiger partial charge < -0.3 is 0 Å². The quantitative estimate of drug-likeness (QED) is 0.304. The first-order valence-electron chi connectivity index (χ1n) is 10.0. The zero-order valence-corrected chi connectivity index (χ0v) is 19.2. The molecule has 0 spiro atoms. The van der Waals surface area contributed by atoms with E-state index < -0.39 is 0 Å². The monoisotopic (exact) mass is 504 g/mol. The molecule has 0 saturated heterocycles. The van der Waals surface area contributed by atoms with E-state index in [-0.39, 0.29) is 11.7 Å². The molecule has 3 heterocycles. The molecule has 30 heavy (non-hydrogen) atoms. The number of fused-ring (bicyclic) bond motifs is 3. The van der Waals surface area contributed by atoms with Crippen LogP contribution in [-0.4, -0.2) is 19.1 Å². The molecule has 0 aliphatic heterocycles. The van der Waals surface area contributed by atoms with Crippen molar-refractivity contribution in [3.63, 3.8) is 0 Å². The second-order valence-corrected chi connectivity index (χ2v) is 9.32. The fourth-order valence-corrected chi connectivity index (χ4v) is 5.25. The second-order valence-electron chi connectivity index (χ2n) is 7.75. The molecule has 1 aromatic carbocycles. The maximum Gasteiger partial charge on any atom is 0.330 e. The molecule has 0 unspecified atom stereocenters. The zero-order valence-electron chi connectivity index (χ0n) is 16.1. The second kappa shape index (κ2) is 7.98. The first-order chi connectivity index (χ1) is 14.5. The number of rotatable bonds is 3. The molecular weight excluding hydrogens is 487 g/mol. The van der Waals surface area contributed by atoms with Crippen LogP contribution in [0.1, 0.15) is 43.7 Å². The molecule has 3 aromatic heterocycles. The summed E-state index contributed by atoms with van der Waals surface area (Å²) in [6.07, 6.45) is 7.24. The summed E-state index contributed by atoms with van der Waals surface area (Å²) >= 11 is 15.9. The average Bonchev–Trinajstić information content (AvgIpc) is 3.03. The first-order valence-corrected chi connectivity index (χ1v) is 11.6. The number of hydrogen-bond donors (Lipinski definition) is 0. The molecule has 0 radical (unpaired) electrons. The molecule has 8 heteroatoms. The van der Waals surface area contributed by atoms with E-state index in [2.05, 4.69) is 20.9 Å². The molecule has 154 valence electrons. The molecular formula is C22H19BrCl2N4O. The van der Waals surface area contributed by atoms with E-state index in [0.29, 0.717) is 26.8 Å². The lowest BCUT2D eigenvalue weighted by molar-refractivity contribution is 0.351. The van der Waals surface area contributed by atoms with Gasteiger partial charge in [-0.15, -0.1) is 0 Å². The van der Waals surface area contributed by atoms with Crippen LogP contribution in [0.25, 0.3) is 22.1 Å². The van der Waals surface area contributed by atoms with Crippen molar-refractivity contribution in [1.29, 1.82) is 0 Å². The number of nitrogens with zero attached hydrogens (tertiary/aromatic N) is 4. The van der Waals surface area contributed by atoms with Crippen LogP contribution in [0.4, 0.5) is 0 Å². The van der Waals surface area contributed by atoms with Crippen molar-refractivity contribution in [2.45, 2.75) is 44.7 Å². The van der Waals surface area contributed by atoms with Gasteiger partial charge in [0, 0.05) is 17.6 Å². The van der Waals surface area contributed by atoms with Gasteiger partial charge in [0.1, 0.15) is 15.6 Å². The Bertz CT molecular complexity index is 1320. The Morgan fingerprint density at radius 2 is 1.90 bits per heavy atom. The maximum atomic E-state index is 13.7. The lowest BCUT2D eigenvalue weighted by Crippen LogP contribution is -2.29. The number of halogens is 3. The number of imidazole rings is 1. The van der Waals surface area contributed by atoms with Crippen molar-refractivity contribution in [3.05, 3.63) is 67.2 Å². The van der Waals surface area contributed by atoms with E-state index in [1.165, 1.54) is 6.42 Å². The Morgan fingerprint density at radius 3 is 2.67 bits per heavy atom. The van der Waals surface area contributed by atoms with Gasteiger partial charge in [0.05, 0.1) is 16.6 Å². The molecule has 1 fully saturated rings. The van der Waals surface area contributed by atoms with Crippen molar-refractivity contribution in [3.8, 4) is 0 Å². The van der Waals surface area contributed by atoms with Crippen LogP contribution in [0.15, 0.2) is 45.9 Å². The molecule has 1 saturated carbocycles. The number of hydrogen-bond acceptors (Lipinski definition) is 3. The van der Waals surface area contributed by atoms with Crippen LogP contribution < -0.4 is 5.69 Å². The van der Waals surface area contributed by atoms with E-state index in [9.17, 15) is 4.79 Å². The lowest BCUT2D eigenvalue weighted by Gasteiger charge is -2.23. The Hall–Kier alpha value is -1.89. The third-order valence-electron chi connectivity index (χ3n) is 5.87. The molecule has 1 aliphatic carbocycles. The van der Waals surface area contributed by atoms with Crippen LogP contribution in [-0.2, 0) is 6.54 Å². The highest BCUT2D eigenvalue weighted by molar-refractivity contribution is 9.10. The maximum absolute atomic E-state index is 13.7. The molecule has 0 atom stereocenters. The summed E-state index contributed by atoms with van der Waals surface area (Å²) in [5.41, 5.74) is 3.08. The molecule has 0 amide bonds.